The van der Waals surface area contributed by atoms with Crippen LogP contribution in [0.2, 0.25) is 0 Å². The van der Waals surface area contributed by atoms with Crippen LogP contribution < -0.4 is 14.8 Å². The lowest BCUT2D eigenvalue weighted by molar-refractivity contribution is 0.162. The van der Waals surface area contributed by atoms with Crippen molar-refractivity contribution in [2.75, 3.05) is 26.8 Å². The highest BCUT2D eigenvalue weighted by molar-refractivity contribution is 9.10. The molecule has 0 fully saturated rings. The summed E-state index contributed by atoms with van der Waals surface area (Å²) in [4.78, 5) is 0. The van der Waals surface area contributed by atoms with E-state index in [1.807, 2.05) is 13.1 Å². The van der Waals surface area contributed by atoms with Gasteiger partial charge in [-0.15, -0.1) is 0 Å². The van der Waals surface area contributed by atoms with E-state index in [4.69, 9.17) is 9.47 Å². The Morgan fingerprint density at radius 1 is 1.37 bits per heavy atom. The van der Waals surface area contributed by atoms with E-state index in [1.165, 1.54) is 0 Å². The molecule has 4 nitrogen and oxygen atoms in total. The zero-order valence-electron chi connectivity index (χ0n) is 11.5. The highest BCUT2D eigenvalue weighted by Crippen LogP contribution is 2.45. The Balaban J connectivity index is 2.54. The van der Waals surface area contributed by atoms with E-state index in [0.29, 0.717) is 25.5 Å². The maximum absolute atomic E-state index is 10.3. The molecule has 0 bridgehead atoms. The predicted octanol–water partition coefficient (Wildman–Crippen LogP) is 2.60. The van der Waals surface area contributed by atoms with Crippen LogP contribution in [0.1, 0.15) is 37.0 Å². The largest absolute Gasteiger partial charge is 0.486 e. The number of aliphatic hydroxyl groups excluding tert-OH is 1. The van der Waals surface area contributed by atoms with Gasteiger partial charge in [0.2, 0.25) is 0 Å². The number of nitrogens with one attached hydrogen (secondary N) is 1. The molecule has 5 heteroatoms. The summed E-state index contributed by atoms with van der Waals surface area (Å²) in [5.74, 6) is 1.73. The van der Waals surface area contributed by atoms with Crippen LogP contribution in [0.4, 0.5) is 0 Å². The lowest BCUT2D eigenvalue weighted by atomic mass is 9.93. The third-order valence-corrected chi connectivity index (χ3v) is 3.97. The number of aliphatic hydroxyl groups is 1. The van der Waals surface area contributed by atoms with Crippen LogP contribution in [0.5, 0.6) is 11.5 Å². The molecule has 1 unspecified atom stereocenters. The predicted molar refractivity (Wildman–Crippen MR) is 78.1 cm³/mol. The molecule has 2 N–H and O–H groups in total. The Morgan fingerprint density at radius 3 is 2.68 bits per heavy atom. The number of hydrogen-bond donors (Lipinski definition) is 2. The van der Waals surface area contributed by atoms with Gasteiger partial charge in [0.1, 0.15) is 13.2 Å². The summed E-state index contributed by atoms with van der Waals surface area (Å²) >= 11 is 3.60. The topological polar surface area (TPSA) is 50.7 Å². The maximum Gasteiger partial charge on any atom is 0.175 e. The van der Waals surface area contributed by atoms with E-state index < -0.39 is 6.10 Å². The molecule has 1 aromatic carbocycles. The normalized spacial score (nSPS) is 15.7. The third-order valence-electron chi connectivity index (χ3n) is 3.18. The van der Waals surface area contributed by atoms with E-state index in [9.17, 15) is 5.11 Å². The van der Waals surface area contributed by atoms with Crippen molar-refractivity contribution in [2.45, 2.75) is 25.9 Å². The minimum atomic E-state index is -0.561. The molecule has 0 aliphatic carbocycles. The van der Waals surface area contributed by atoms with Crippen LogP contribution in [0.25, 0.3) is 0 Å². The first-order chi connectivity index (χ1) is 9.06. The quantitative estimate of drug-likeness (QED) is 0.891. The molecule has 0 saturated carbocycles. The number of hydrogen-bond acceptors (Lipinski definition) is 4. The molecule has 1 heterocycles. The van der Waals surface area contributed by atoms with Crippen molar-refractivity contribution >= 4 is 15.9 Å². The first kappa shape index (κ1) is 14.6. The van der Waals surface area contributed by atoms with Gasteiger partial charge >= 0.3 is 0 Å². The van der Waals surface area contributed by atoms with Gasteiger partial charge in [-0.1, -0.05) is 13.8 Å². The summed E-state index contributed by atoms with van der Waals surface area (Å²) in [5.41, 5.74) is 1.97. The smallest absolute Gasteiger partial charge is 0.175 e. The molecular formula is C14H20BrNO3. The Hall–Kier alpha value is -0.780. The minimum Gasteiger partial charge on any atom is -0.486 e. The second-order valence-corrected chi connectivity index (χ2v) is 5.74. The Labute approximate surface area is 122 Å². The summed E-state index contributed by atoms with van der Waals surface area (Å²) in [5, 5.41) is 13.3. The summed E-state index contributed by atoms with van der Waals surface area (Å²) in [6.45, 7) is 5.81. The molecule has 1 aliphatic heterocycles. The second-order valence-electron chi connectivity index (χ2n) is 4.95. The molecule has 1 aromatic rings. The molecule has 0 saturated heterocycles. The number of rotatable bonds is 4. The highest BCUT2D eigenvalue weighted by Gasteiger charge is 2.25. The minimum absolute atomic E-state index is 0.284. The van der Waals surface area contributed by atoms with Crippen LogP contribution >= 0.6 is 15.9 Å². The van der Waals surface area contributed by atoms with Crippen molar-refractivity contribution in [1.29, 1.82) is 0 Å². The molecule has 19 heavy (non-hydrogen) atoms. The number of fused-ring (bicyclic) bond motifs is 1. The first-order valence-corrected chi connectivity index (χ1v) is 7.30. The highest BCUT2D eigenvalue weighted by atomic mass is 79.9. The molecule has 106 valence electrons. The fourth-order valence-corrected chi connectivity index (χ4v) is 3.34. The van der Waals surface area contributed by atoms with Gasteiger partial charge < -0.3 is 19.9 Å². The van der Waals surface area contributed by atoms with Crippen molar-refractivity contribution in [3.63, 3.8) is 0 Å². The Bertz CT molecular complexity index is 462. The van der Waals surface area contributed by atoms with E-state index in [2.05, 4.69) is 35.1 Å². The number of likely N-dealkylation sites (N-methyl/N-ethyl adjacent to an activating group) is 1. The molecule has 0 spiro atoms. The standard InChI is InChI=1S/C14H20BrNO3/c1-8(2)12-9(10(17)7-16-3)6-11-14(13(12)15)19-5-4-18-11/h6,8,10,16-17H,4-5,7H2,1-3H3. The Morgan fingerprint density at radius 2 is 2.05 bits per heavy atom. The fraction of sp³-hybridized carbons (Fsp3) is 0.571. The molecule has 1 aliphatic rings. The zero-order valence-corrected chi connectivity index (χ0v) is 13.1. The molecular weight excluding hydrogens is 310 g/mol. The first-order valence-electron chi connectivity index (χ1n) is 6.50. The van der Waals surface area contributed by atoms with Crippen LogP contribution in [0.15, 0.2) is 10.5 Å². The van der Waals surface area contributed by atoms with Crippen LogP contribution in [0, 0.1) is 0 Å². The van der Waals surface area contributed by atoms with Gasteiger partial charge in [0.25, 0.3) is 0 Å². The number of ether oxygens (including phenoxy) is 2. The molecule has 0 amide bonds. The monoisotopic (exact) mass is 329 g/mol. The molecule has 0 aromatic heterocycles. The van der Waals surface area contributed by atoms with Gasteiger partial charge in [0.15, 0.2) is 11.5 Å². The van der Waals surface area contributed by atoms with Gasteiger partial charge in [-0.2, -0.15) is 0 Å². The van der Waals surface area contributed by atoms with Crippen LogP contribution in [-0.4, -0.2) is 31.9 Å². The van der Waals surface area contributed by atoms with Crippen molar-refractivity contribution < 1.29 is 14.6 Å². The third kappa shape index (κ3) is 2.88. The van der Waals surface area contributed by atoms with Crippen molar-refractivity contribution in [2.24, 2.45) is 0 Å². The van der Waals surface area contributed by atoms with Crippen LogP contribution in [0.3, 0.4) is 0 Å². The van der Waals surface area contributed by atoms with Crippen LogP contribution in [-0.2, 0) is 0 Å². The molecule has 1 atom stereocenters. The maximum atomic E-state index is 10.3. The zero-order chi connectivity index (χ0) is 14.0. The average molecular weight is 330 g/mol. The van der Waals surface area contributed by atoms with E-state index >= 15 is 0 Å². The van der Waals surface area contributed by atoms with E-state index in [1.54, 1.807) is 0 Å². The molecule has 0 radical (unpaired) electrons. The second kappa shape index (κ2) is 6.11. The summed E-state index contributed by atoms with van der Waals surface area (Å²) in [7, 11) is 1.82. The SMILES string of the molecule is CNCC(O)c1cc2c(c(Br)c1C(C)C)OCCO2. The van der Waals surface area contributed by atoms with Gasteiger partial charge in [-0.05, 0) is 46.1 Å². The van der Waals surface area contributed by atoms with Gasteiger partial charge in [-0.25, -0.2) is 0 Å². The number of benzene rings is 1. The van der Waals surface area contributed by atoms with Crippen molar-refractivity contribution in [1.82, 2.24) is 5.32 Å². The lowest BCUT2D eigenvalue weighted by Gasteiger charge is -2.26. The van der Waals surface area contributed by atoms with Gasteiger partial charge in [0.05, 0.1) is 10.6 Å². The summed E-state index contributed by atoms with van der Waals surface area (Å²) in [6.07, 6.45) is -0.561. The van der Waals surface area contributed by atoms with E-state index in [-0.39, 0.29) is 5.92 Å². The fourth-order valence-electron chi connectivity index (χ4n) is 2.34. The summed E-state index contributed by atoms with van der Waals surface area (Å²) < 4.78 is 12.2. The van der Waals surface area contributed by atoms with Crippen molar-refractivity contribution in [3.05, 3.63) is 21.7 Å². The average Bonchev–Trinajstić information content (AvgIpc) is 2.38. The Kier molecular flexibility index (Phi) is 4.71. The van der Waals surface area contributed by atoms with Gasteiger partial charge in [-0.3, -0.25) is 0 Å². The summed E-state index contributed by atoms with van der Waals surface area (Å²) in [6, 6.07) is 1.90. The van der Waals surface area contributed by atoms with Crippen molar-refractivity contribution in [3.8, 4) is 11.5 Å². The van der Waals surface area contributed by atoms with E-state index in [0.717, 1.165) is 21.3 Å². The molecule has 2 rings (SSSR count). The van der Waals surface area contributed by atoms with Gasteiger partial charge in [0, 0.05) is 6.54 Å². The number of halogens is 1. The lowest BCUT2D eigenvalue weighted by Crippen LogP contribution is -2.21.